The SMILES string of the molecule is O=C(NCCCN1CCCCCC1=O)c1nc(-c2cccs2)n(-c2ccccc2)n1. The lowest BCUT2D eigenvalue weighted by Crippen LogP contribution is -2.34. The number of likely N-dealkylation sites (tertiary alicyclic amines) is 1. The van der Waals surface area contributed by atoms with E-state index in [1.165, 1.54) is 0 Å². The number of aromatic nitrogens is 3. The summed E-state index contributed by atoms with van der Waals surface area (Å²) in [6.45, 7) is 1.97. The fourth-order valence-corrected chi connectivity index (χ4v) is 4.25. The Morgan fingerprint density at radius 3 is 2.77 bits per heavy atom. The molecule has 8 heteroatoms. The Balaban J connectivity index is 1.41. The van der Waals surface area contributed by atoms with Gasteiger partial charge in [0.2, 0.25) is 11.7 Å². The third-order valence-corrected chi connectivity index (χ3v) is 5.98. The number of hydrogen-bond acceptors (Lipinski definition) is 5. The average molecular weight is 424 g/mol. The molecule has 1 saturated heterocycles. The lowest BCUT2D eigenvalue weighted by Gasteiger charge is -2.20. The van der Waals surface area contributed by atoms with Gasteiger partial charge in [-0.15, -0.1) is 16.4 Å². The monoisotopic (exact) mass is 423 g/mol. The van der Waals surface area contributed by atoms with Crippen LogP contribution in [0.3, 0.4) is 0 Å². The summed E-state index contributed by atoms with van der Waals surface area (Å²) in [5.41, 5.74) is 0.854. The Bertz CT molecular complexity index is 984. The summed E-state index contributed by atoms with van der Waals surface area (Å²) < 4.78 is 1.71. The van der Waals surface area contributed by atoms with E-state index in [4.69, 9.17) is 0 Å². The van der Waals surface area contributed by atoms with Crippen molar-refractivity contribution in [2.24, 2.45) is 0 Å². The van der Waals surface area contributed by atoms with Gasteiger partial charge in [0.1, 0.15) is 0 Å². The number of carbonyl (C=O) groups excluding carboxylic acids is 2. The zero-order valence-electron chi connectivity index (χ0n) is 16.8. The molecule has 1 fully saturated rings. The van der Waals surface area contributed by atoms with Gasteiger partial charge in [-0.2, -0.15) is 0 Å². The number of amides is 2. The third kappa shape index (κ3) is 4.76. The van der Waals surface area contributed by atoms with Crippen molar-refractivity contribution < 1.29 is 9.59 Å². The molecular weight excluding hydrogens is 398 g/mol. The zero-order valence-corrected chi connectivity index (χ0v) is 17.6. The first-order valence-electron chi connectivity index (χ1n) is 10.3. The summed E-state index contributed by atoms with van der Waals surface area (Å²) in [5, 5.41) is 9.33. The van der Waals surface area contributed by atoms with E-state index in [2.05, 4.69) is 15.4 Å². The first kappa shape index (κ1) is 20.3. The molecule has 4 rings (SSSR count). The molecule has 0 radical (unpaired) electrons. The van der Waals surface area contributed by atoms with Crippen LogP contribution in [0.25, 0.3) is 16.4 Å². The van der Waals surface area contributed by atoms with Gasteiger partial charge in [0.25, 0.3) is 5.91 Å². The maximum absolute atomic E-state index is 12.7. The molecule has 7 nitrogen and oxygen atoms in total. The fraction of sp³-hybridized carbons (Fsp3) is 0.364. The number of rotatable bonds is 7. The maximum Gasteiger partial charge on any atom is 0.290 e. The standard InChI is InChI=1S/C22H25N5O2S/c28-19-12-5-2-6-14-26(19)15-8-13-23-22(29)20-24-21(18-11-7-16-30-18)27(25-20)17-9-3-1-4-10-17/h1,3-4,7,9-11,16H,2,5-6,8,12-15H2,(H,23,29). The summed E-state index contributed by atoms with van der Waals surface area (Å²) in [5.74, 6) is 0.719. The Hall–Kier alpha value is -3.00. The molecule has 0 saturated carbocycles. The van der Waals surface area contributed by atoms with Crippen LogP contribution in [-0.2, 0) is 4.79 Å². The molecule has 30 heavy (non-hydrogen) atoms. The van der Waals surface area contributed by atoms with Crippen molar-refractivity contribution in [1.82, 2.24) is 25.0 Å². The molecule has 0 aliphatic carbocycles. The summed E-state index contributed by atoms with van der Waals surface area (Å²) in [7, 11) is 0. The van der Waals surface area contributed by atoms with E-state index in [9.17, 15) is 9.59 Å². The van der Waals surface area contributed by atoms with Gasteiger partial charge in [0, 0.05) is 26.1 Å². The van der Waals surface area contributed by atoms with Gasteiger partial charge in [-0.1, -0.05) is 30.7 Å². The molecule has 0 bridgehead atoms. The van der Waals surface area contributed by atoms with Crippen molar-refractivity contribution in [1.29, 1.82) is 0 Å². The first-order valence-corrected chi connectivity index (χ1v) is 11.2. The second-order valence-electron chi connectivity index (χ2n) is 7.28. The lowest BCUT2D eigenvalue weighted by atomic mass is 10.2. The van der Waals surface area contributed by atoms with Crippen molar-refractivity contribution in [3.8, 4) is 16.4 Å². The first-order chi connectivity index (χ1) is 14.7. The molecule has 3 aromatic rings. The number of benzene rings is 1. The van der Waals surface area contributed by atoms with Gasteiger partial charge in [-0.25, -0.2) is 9.67 Å². The topological polar surface area (TPSA) is 80.1 Å². The second kappa shape index (κ2) is 9.67. The fourth-order valence-electron chi connectivity index (χ4n) is 3.55. The highest BCUT2D eigenvalue weighted by Gasteiger charge is 2.20. The second-order valence-corrected chi connectivity index (χ2v) is 8.23. The normalized spacial score (nSPS) is 14.5. The highest BCUT2D eigenvalue weighted by atomic mass is 32.1. The molecule has 0 unspecified atom stereocenters. The number of hydrogen-bond donors (Lipinski definition) is 1. The zero-order chi connectivity index (χ0) is 20.8. The quantitative estimate of drug-likeness (QED) is 0.590. The molecule has 1 aliphatic rings. The molecule has 1 aromatic carbocycles. The largest absolute Gasteiger partial charge is 0.349 e. The summed E-state index contributed by atoms with van der Waals surface area (Å²) >= 11 is 1.56. The highest BCUT2D eigenvalue weighted by molar-refractivity contribution is 7.13. The maximum atomic E-state index is 12.7. The van der Waals surface area contributed by atoms with E-state index in [0.29, 0.717) is 31.8 Å². The van der Waals surface area contributed by atoms with Crippen LogP contribution in [0.5, 0.6) is 0 Å². The number of nitrogens with zero attached hydrogens (tertiary/aromatic N) is 4. The number of carbonyl (C=O) groups is 2. The lowest BCUT2D eigenvalue weighted by molar-refractivity contribution is -0.130. The molecule has 0 spiro atoms. The Kier molecular flexibility index (Phi) is 6.53. The van der Waals surface area contributed by atoms with E-state index >= 15 is 0 Å². The van der Waals surface area contributed by atoms with Crippen LogP contribution in [0.2, 0.25) is 0 Å². The Morgan fingerprint density at radius 1 is 1.10 bits per heavy atom. The molecule has 0 atom stereocenters. The van der Waals surface area contributed by atoms with E-state index in [1.807, 2.05) is 52.7 Å². The van der Waals surface area contributed by atoms with Crippen molar-refractivity contribution >= 4 is 23.2 Å². The van der Waals surface area contributed by atoms with Crippen LogP contribution >= 0.6 is 11.3 Å². The van der Waals surface area contributed by atoms with Gasteiger partial charge >= 0.3 is 0 Å². The molecule has 2 amide bonds. The van der Waals surface area contributed by atoms with E-state index < -0.39 is 0 Å². The summed E-state index contributed by atoms with van der Waals surface area (Å²) in [6, 6.07) is 13.6. The van der Waals surface area contributed by atoms with E-state index in [1.54, 1.807) is 16.0 Å². The minimum Gasteiger partial charge on any atom is -0.349 e. The Morgan fingerprint density at radius 2 is 1.97 bits per heavy atom. The summed E-state index contributed by atoms with van der Waals surface area (Å²) in [6.07, 6.45) is 4.51. The van der Waals surface area contributed by atoms with Crippen LogP contribution in [0.4, 0.5) is 0 Å². The van der Waals surface area contributed by atoms with Crippen molar-refractivity contribution in [3.63, 3.8) is 0 Å². The summed E-state index contributed by atoms with van der Waals surface area (Å²) in [4.78, 5) is 32.1. The predicted octanol–water partition coefficient (Wildman–Crippen LogP) is 3.52. The van der Waals surface area contributed by atoms with Crippen LogP contribution in [-0.4, -0.2) is 51.1 Å². The van der Waals surface area contributed by atoms with Gasteiger partial charge in [0.05, 0.1) is 10.6 Å². The van der Waals surface area contributed by atoms with E-state index in [-0.39, 0.29) is 17.6 Å². The predicted molar refractivity (Wildman–Crippen MR) is 117 cm³/mol. The molecular formula is C22H25N5O2S. The molecule has 2 aromatic heterocycles. The third-order valence-electron chi connectivity index (χ3n) is 5.11. The minimum absolute atomic E-state index is 0.146. The number of thiophene rings is 1. The molecule has 1 aliphatic heterocycles. The van der Waals surface area contributed by atoms with Gasteiger partial charge < -0.3 is 10.2 Å². The van der Waals surface area contributed by atoms with Crippen molar-refractivity contribution in [2.75, 3.05) is 19.6 Å². The number of para-hydroxylation sites is 1. The Labute approximate surface area is 179 Å². The van der Waals surface area contributed by atoms with E-state index in [0.717, 1.165) is 36.4 Å². The van der Waals surface area contributed by atoms with Crippen LogP contribution in [0.15, 0.2) is 47.8 Å². The van der Waals surface area contributed by atoms with Crippen molar-refractivity contribution in [3.05, 3.63) is 53.7 Å². The molecule has 3 heterocycles. The highest BCUT2D eigenvalue weighted by Crippen LogP contribution is 2.25. The van der Waals surface area contributed by atoms with Gasteiger partial charge in [-0.3, -0.25) is 9.59 Å². The van der Waals surface area contributed by atoms with Gasteiger partial charge in [-0.05, 0) is 42.8 Å². The molecule has 156 valence electrons. The molecule has 1 N–H and O–H groups in total. The van der Waals surface area contributed by atoms with Crippen molar-refractivity contribution in [2.45, 2.75) is 32.1 Å². The minimum atomic E-state index is -0.301. The average Bonchev–Trinajstić information content (AvgIpc) is 3.41. The smallest absolute Gasteiger partial charge is 0.290 e. The van der Waals surface area contributed by atoms with Crippen LogP contribution < -0.4 is 5.32 Å². The van der Waals surface area contributed by atoms with Crippen LogP contribution in [0.1, 0.15) is 42.7 Å². The van der Waals surface area contributed by atoms with Crippen LogP contribution in [0, 0.1) is 0 Å². The number of nitrogens with one attached hydrogen (secondary N) is 1. The van der Waals surface area contributed by atoms with Gasteiger partial charge in [0.15, 0.2) is 5.82 Å².